The number of halogens is 1. The van der Waals surface area contributed by atoms with Crippen LogP contribution in [0.25, 0.3) is 0 Å². The third-order valence-corrected chi connectivity index (χ3v) is 3.02. The molecule has 6 nitrogen and oxygen atoms in total. The molecule has 116 valence electrons. The summed E-state index contributed by atoms with van der Waals surface area (Å²) < 4.78 is 5.92. The van der Waals surface area contributed by atoms with Crippen molar-refractivity contribution >= 4 is 27.7 Å². The summed E-state index contributed by atoms with van der Waals surface area (Å²) >= 11 is 3.24. The molecule has 0 saturated heterocycles. The molecule has 0 N–H and O–H groups in total. The Bertz CT molecular complexity index is 540. The Labute approximate surface area is 132 Å². The number of rotatable bonds is 4. The smallest absolute Gasteiger partial charge is 0.410 e. The van der Waals surface area contributed by atoms with Crippen molar-refractivity contribution in [3.8, 4) is 0 Å². The van der Waals surface area contributed by atoms with Gasteiger partial charge in [-0.3, -0.25) is 10.1 Å². The number of nitro benzene ring substituents is 1. The number of benzene rings is 1. The summed E-state index contributed by atoms with van der Waals surface area (Å²) in [6.45, 7) is 7.92. The molecule has 0 saturated carbocycles. The van der Waals surface area contributed by atoms with E-state index >= 15 is 0 Å². The van der Waals surface area contributed by atoms with Gasteiger partial charge in [-0.1, -0.05) is 15.9 Å². The number of amides is 1. The van der Waals surface area contributed by atoms with Crippen LogP contribution in [0, 0.1) is 10.1 Å². The van der Waals surface area contributed by atoms with Gasteiger partial charge in [0.05, 0.1) is 4.92 Å². The number of non-ortho nitro benzene ring substituents is 1. The molecule has 1 rings (SSSR count). The van der Waals surface area contributed by atoms with Gasteiger partial charge >= 0.3 is 6.09 Å². The standard InChI is InChI=1S/C14H19BrN2O4/c1-5-16(13(18)21-14(2,3)4)9-10-6-11(15)8-12(7-10)17(19)20/h6-8H,5,9H2,1-4H3. The first-order chi connectivity index (χ1) is 9.62. The van der Waals surface area contributed by atoms with Crippen LogP contribution in [0.1, 0.15) is 33.3 Å². The molecule has 7 heteroatoms. The van der Waals surface area contributed by atoms with E-state index in [-0.39, 0.29) is 12.2 Å². The molecule has 1 aromatic rings. The molecule has 0 aliphatic rings. The Balaban J connectivity index is 2.91. The van der Waals surface area contributed by atoms with Crippen LogP contribution in [-0.2, 0) is 11.3 Å². The molecule has 1 aromatic carbocycles. The van der Waals surface area contributed by atoms with Gasteiger partial charge in [0.15, 0.2) is 0 Å². The summed E-state index contributed by atoms with van der Waals surface area (Å²) in [6.07, 6.45) is -0.437. The Morgan fingerprint density at radius 3 is 2.48 bits per heavy atom. The summed E-state index contributed by atoms with van der Waals surface area (Å²) in [5.41, 5.74) is 0.0803. The van der Waals surface area contributed by atoms with E-state index in [9.17, 15) is 14.9 Å². The first kappa shape index (κ1) is 17.4. The van der Waals surface area contributed by atoms with Crippen molar-refractivity contribution in [2.45, 2.75) is 39.8 Å². The number of carbonyl (C=O) groups excluding carboxylic acids is 1. The lowest BCUT2D eigenvalue weighted by Crippen LogP contribution is -2.36. The summed E-state index contributed by atoms with van der Waals surface area (Å²) in [6, 6.07) is 4.63. The lowest BCUT2D eigenvalue weighted by molar-refractivity contribution is -0.385. The molecule has 0 aliphatic heterocycles. The van der Waals surface area contributed by atoms with Gasteiger partial charge in [0.25, 0.3) is 5.69 Å². The third kappa shape index (κ3) is 5.71. The average Bonchev–Trinajstić information content (AvgIpc) is 2.32. The predicted molar refractivity (Wildman–Crippen MR) is 83.1 cm³/mol. The summed E-state index contributed by atoms with van der Waals surface area (Å²) in [5.74, 6) is 0. The quantitative estimate of drug-likeness (QED) is 0.599. The van der Waals surface area contributed by atoms with Gasteiger partial charge in [-0.15, -0.1) is 0 Å². The first-order valence-electron chi connectivity index (χ1n) is 6.54. The van der Waals surface area contributed by atoms with Crippen LogP contribution in [0.3, 0.4) is 0 Å². The maximum atomic E-state index is 12.1. The van der Waals surface area contributed by atoms with E-state index in [0.29, 0.717) is 16.6 Å². The topological polar surface area (TPSA) is 72.7 Å². The fourth-order valence-electron chi connectivity index (χ4n) is 1.68. The van der Waals surface area contributed by atoms with Crippen LogP contribution in [0.15, 0.2) is 22.7 Å². The number of nitrogens with zero attached hydrogens (tertiary/aromatic N) is 2. The zero-order chi connectivity index (χ0) is 16.2. The Kier molecular flexibility index (Phi) is 5.71. The molecule has 0 aromatic heterocycles. The maximum absolute atomic E-state index is 12.1. The molecule has 0 fully saturated rings. The summed E-state index contributed by atoms with van der Waals surface area (Å²) in [5, 5.41) is 10.9. The minimum atomic E-state index is -0.576. The van der Waals surface area contributed by atoms with Crippen molar-refractivity contribution in [1.29, 1.82) is 0 Å². The van der Waals surface area contributed by atoms with Crippen molar-refractivity contribution in [2.24, 2.45) is 0 Å². The van der Waals surface area contributed by atoms with Gasteiger partial charge in [-0.05, 0) is 39.3 Å². The van der Waals surface area contributed by atoms with Crippen molar-refractivity contribution in [3.63, 3.8) is 0 Å². The minimum Gasteiger partial charge on any atom is -0.444 e. The molecule has 1 amide bonds. The normalized spacial score (nSPS) is 11.1. The fourth-order valence-corrected chi connectivity index (χ4v) is 2.21. The Hall–Kier alpha value is -1.63. The highest BCUT2D eigenvalue weighted by Crippen LogP contribution is 2.23. The van der Waals surface area contributed by atoms with Gasteiger partial charge in [0.2, 0.25) is 0 Å². The molecule has 0 aliphatic carbocycles. The highest BCUT2D eigenvalue weighted by Gasteiger charge is 2.22. The summed E-state index contributed by atoms with van der Waals surface area (Å²) in [4.78, 5) is 24.0. The Morgan fingerprint density at radius 1 is 1.38 bits per heavy atom. The van der Waals surface area contributed by atoms with Crippen LogP contribution in [0.4, 0.5) is 10.5 Å². The molecule has 0 heterocycles. The number of carbonyl (C=O) groups is 1. The van der Waals surface area contributed by atoms with E-state index in [2.05, 4.69) is 15.9 Å². The molecule has 0 atom stereocenters. The summed E-state index contributed by atoms with van der Waals surface area (Å²) in [7, 11) is 0. The highest BCUT2D eigenvalue weighted by atomic mass is 79.9. The van der Waals surface area contributed by atoms with Crippen LogP contribution in [-0.4, -0.2) is 28.1 Å². The molecule has 0 unspecified atom stereocenters. The van der Waals surface area contributed by atoms with Crippen LogP contribution >= 0.6 is 15.9 Å². The number of ether oxygens (including phenoxy) is 1. The van der Waals surface area contributed by atoms with E-state index in [4.69, 9.17) is 4.74 Å². The SMILES string of the molecule is CCN(Cc1cc(Br)cc([N+](=O)[O-])c1)C(=O)OC(C)(C)C. The van der Waals surface area contributed by atoms with Crippen LogP contribution in [0.5, 0.6) is 0 Å². The van der Waals surface area contributed by atoms with Gasteiger partial charge in [-0.25, -0.2) is 4.79 Å². The largest absolute Gasteiger partial charge is 0.444 e. The van der Waals surface area contributed by atoms with Gasteiger partial charge in [0.1, 0.15) is 5.60 Å². The van der Waals surface area contributed by atoms with Crippen molar-refractivity contribution in [2.75, 3.05) is 6.54 Å². The number of hydrogen-bond donors (Lipinski definition) is 0. The van der Waals surface area contributed by atoms with E-state index in [0.717, 1.165) is 0 Å². The molecular weight excluding hydrogens is 340 g/mol. The second-order valence-corrected chi connectivity index (χ2v) is 6.48. The first-order valence-corrected chi connectivity index (χ1v) is 7.33. The van der Waals surface area contributed by atoms with E-state index in [1.165, 1.54) is 17.0 Å². The monoisotopic (exact) mass is 358 g/mol. The lowest BCUT2D eigenvalue weighted by Gasteiger charge is -2.26. The van der Waals surface area contributed by atoms with Gasteiger partial charge in [0, 0.05) is 29.7 Å². The van der Waals surface area contributed by atoms with Gasteiger partial charge < -0.3 is 9.64 Å². The van der Waals surface area contributed by atoms with E-state index < -0.39 is 16.6 Å². The molecule has 0 bridgehead atoms. The second-order valence-electron chi connectivity index (χ2n) is 5.57. The van der Waals surface area contributed by atoms with Crippen LogP contribution in [0.2, 0.25) is 0 Å². The molecule has 21 heavy (non-hydrogen) atoms. The molecular formula is C14H19BrN2O4. The molecule has 0 spiro atoms. The van der Waals surface area contributed by atoms with Crippen LogP contribution < -0.4 is 0 Å². The van der Waals surface area contributed by atoms with Crippen molar-refractivity contribution < 1.29 is 14.5 Å². The minimum absolute atomic E-state index is 0.0142. The fraction of sp³-hybridized carbons (Fsp3) is 0.500. The lowest BCUT2D eigenvalue weighted by atomic mass is 10.2. The maximum Gasteiger partial charge on any atom is 0.410 e. The molecule has 0 radical (unpaired) electrons. The van der Waals surface area contributed by atoms with Crippen molar-refractivity contribution in [3.05, 3.63) is 38.3 Å². The Morgan fingerprint density at radius 2 is 2.00 bits per heavy atom. The van der Waals surface area contributed by atoms with E-state index in [1.54, 1.807) is 26.8 Å². The van der Waals surface area contributed by atoms with Gasteiger partial charge in [-0.2, -0.15) is 0 Å². The number of hydrogen-bond acceptors (Lipinski definition) is 4. The van der Waals surface area contributed by atoms with Crippen molar-refractivity contribution in [1.82, 2.24) is 4.90 Å². The second kappa shape index (κ2) is 6.89. The average molecular weight is 359 g/mol. The van der Waals surface area contributed by atoms with E-state index in [1.807, 2.05) is 6.92 Å². The predicted octanol–water partition coefficient (Wildman–Crippen LogP) is 4.11. The zero-order valence-corrected chi connectivity index (χ0v) is 14.1. The highest BCUT2D eigenvalue weighted by molar-refractivity contribution is 9.10. The number of nitro groups is 1. The third-order valence-electron chi connectivity index (χ3n) is 2.56. The zero-order valence-electron chi connectivity index (χ0n) is 12.6.